The van der Waals surface area contributed by atoms with Gasteiger partial charge in [0.15, 0.2) is 5.82 Å². The van der Waals surface area contributed by atoms with Crippen LogP contribution in [-0.4, -0.2) is 30.4 Å². The summed E-state index contributed by atoms with van der Waals surface area (Å²) >= 11 is 0. The Kier molecular flexibility index (Phi) is 5.79. The maximum Gasteiger partial charge on any atom is 0.240 e. The standard InChI is InChI=1S/C14H25N3O2/c1-3-11-5-4-6-12(9-11)14-16-13(19-17-14)10-15-7-8-18-2/h11-12,15H,3-10H2,1-2H3. The van der Waals surface area contributed by atoms with Gasteiger partial charge in [-0.25, -0.2) is 0 Å². The Balaban J connectivity index is 1.82. The van der Waals surface area contributed by atoms with Crippen molar-refractivity contribution >= 4 is 0 Å². The van der Waals surface area contributed by atoms with Gasteiger partial charge < -0.3 is 14.6 Å². The summed E-state index contributed by atoms with van der Waals surface area (Å²) in [4.78, 5) is 4.52. The lowest BCUT2D eigenvalue weighted by atomic mass is 9.80. The average Bonchev–Trinajstić information content (AvgIpc) is 2.92. The molecular weight excluding hydrogens is 242 g/mol. The van der Waals surface area contributed by atoms with Gasteiger partial charge in [0, 0.05) is 19.6 Å². The number of aromatic nitrogens is 2. The summed E-state index contributed by atoms with van der Waals surface area (Å²) in [7, 11) is 1.69. The van der Waals surface area contributed by atoms with E-state index in [1.807, 2.05) is 0 Å². The van der Waals surface area contributed by atoms with Crippen molar-refractivity contribution in [3.05, 3.63) is 11.7 Å². The molecule has 2 rings (SSSR count). The molecule has 1 aromatic heterocycles. The fraction of sp³-hybridized carbons (Fsp3) is 0.857. The summed E-state index contributed by atoms with van der Waals surface area (Å²) < 4.78 is 10.3. The smallest absolute Gasteiger partial charge is 0.240 e. The highest BCUT2D eigenvalue weighted by Crippen LogP contribution is 2.36. The van der Waals surface area contributed by atoms with Gasteiger partial charge in [0.05, 0.1) is 13.2 Å². The third kappa shape index (κ3) is 4.28. The highest BCUT2D eigenvalue weighted by atomic mass is 16.5. The van der Waals surface area contributed by atoms with Gasteiger partial charge in [0.2, 0.25) is 5.89 Å². The van der Waals surface area contributed by atoms with Crippen molar-refractivity contribution in [3.63, 3.8) is 0 Å². The van der Waals surface area contributed by atoms with Crippen LogP contribution in [-0.2, 0) is 11.3 Å². The van der Waals surface area contributed by atoms with E-state index in [2.05, 4.69) is 22.4 Å². The van der Waals surface area contributed by atoms with Gasteiger partial charge in [-0.1, -0.05) is 31.3 Å². The van der Waals surface area contributed by atoms with E-state index in [0.29, 0.717) is 25.0 Å². The number of nitrogens with zero attached hydrogens (tertiary/aromatic N) is 2. The maximum absolute atomic E-state index is 5.30. The van der Waals surface area contributed by atoms with E-state index in [4.69, 9.17) is 9.26 Å². The second kappa shape index (κ2) is 7.60. The van der Waals surface area contributed by atoms with Crippen LogP contribution in [0.2, 0.25) is 0 Å². The number of hydrogen-bond acceptors (Lipinski definition) is 5. The first-order valence-corrected chi connectivity index (χ1v) is 7.35. The highest BCUT2D eigenvalue weighted by molar-refractivity contribution is 4.98. The van der Waals surface area contributed by atoms with Gasteiger partial charge in [-0.15, -0.1) is 0 Å². The monoisotopic (exact) mass is 267 g/mol. The minimum absolute atomic E-state index is 0.496. The largest absolute Gasteiger partial charge is 0.383 e. The first kappa shape index (κ1) is 14.5. The molecule has 19 heavy (non-hydrogen) atoms. The third-order valence-corrected chi connectivity index (χ3v) is 3.97. The molecule has 1 aromatic rings. The van der Waals surface area contributed by atoms with Gasteiger partial charge >= 0.3 is 0 Å². The minimum Gasteiger partial charge on any atom is -0.383 e. The van der Waals surface area contributed by atoms with Crippen molar-refractivity contribution in [2.24, 2.45) is 5.92 Å². The van der Waals surface area contributed by atoms with Crippen LogP contribution in [0.15, 0.2) is 4.52 Å². The summed E-state index contributed by atoms with van der Waals surface area (Å²) in [6.07, 6.45) is 6.33. The molecule has 1 heterocycles. The second-order valence-electron chi connectivity index (χ2n) is 5.35. The Labute approximate surface area is 115 Å². The predicted octanol–water partition coefficient (Wildman–Crippen LogP) is 2.49. The molecule has 2 atom stereocenters. The van der Waals surface area contributed by atoms with Gasteiger partial charge in [-0.05, 0) is 18.8 Å². The Bertz CT molecular complexity index is 367. The molecule has 1 aliphatic carbocycles. The van der Waals surface area contributed by atoms with Crippen molar-refractivity contribution in [3.8, 4) is 0 Å². The highest BCUT2D eigenvalue weighted by Gasteiger charge is 2.25. The zero-order valence-corrected chi connectivity index (χ0v) is 12.0. The molecule has 0 amide bonds. The van der Waals surface area contributed by atoms with Gasteiger partial charge in [-0.2, -0.15) is 4.98 Å². The van der Waals surface area contributed by atoms with Crippen molar-refractivity contribution < 1.29 is 9.26 Å². The molecule has 0 aliphatic heterocycles. The summed E-state index contributed by atoms with van der Waals surface area (Å²) in [6, 6.07) is 0. The summed E-state index contributed by atoms with van der Waals surface area (Å²) in [5, 5.41) is 7.37. The Morgan fingerprint density at radius 2 is 2.32 bits per heavy atom. The van der Waals surface area contributed by atoms with Crippen molar-refractivity contribution in [1.82, 2.24) is 15.5 Å². The molecule has 1 N–H and O–H groups in total. The first-order valence-electron chi connectivity index (χ1n) is 7.35. The van der Waals surface area contributed by atoms with E-state index in [1.165, 1.54) is 32.1 Å². The fourth-order valence-corrected chi connectivity index (χ4v) is 2.77. The topological polar surface area (TPSA) is 60.2 Å². The van der Waals surface area contributed by atoms with Crippen molar-refractivity contribution in [2.45, 2.75) is 51.5 Å². The fourth-order valence-electron chi connectivity index (χ4n) is 2.77. The molecule has 2 unspecified atom stereocenters. The molecule has 0 bridgehead atoms. The van der Waals surface area contributed by atoms with E-state index in [0.717, 1.165) is 18.3 Å². The number of methoxy groups -OCH3 is 1. The quantitative estimate of drug-likeness (QED) is 0.769. The van der Waals surface area contributed by atoms with Crippen LogP contribution >= 0.6 is 0 Å². The molecule has 1 saturated carbocycles. The maximum atomic E-state index is 5.30. The van der Waals surface area contributed by atoms with Crippen LogP contribution < -0.4 is 5.32 Å². The molecule has 0 aromatic carbocycles. The van der Waals surface area contributed by atoms with E-state index >= 15 is 0 Å². The molecule has 1 aliphatic rings. The second-order valence-corrected chi connectivity index (χ2v) is 5.35. The van der Waals surface area contributed by atoms with E-state index in [9.17, 15) is 0 Å². The van der Waals surface area contributed by atoms with Crippen LogP contribution in [0.25, 0.3) is 0 Å². The average molecular weight is 267 g/mol. The SMILES string of the molecule is CCC1CCCC(c2noc(CNCCOC)n2)C1. The van der Waals surface area contributed by atoms with Crippen molar-refractivity contribution in [1.29, 1.82) is 0 Å². The molecule has 5 nitrogen and oxygen atoms in total. The number of nitrogens with one attached hydrogen (secondary N) is 1. The molecule has 108 valence electrons. The molecule has 0 spiro atoms. The normalized spacial score (nSPS) is 23.7. The lowest BCUT2D eigenvalue weighted by Crippen LogP contribution is -2.19. The number of rotatable bonds is 7. The molecule has 0 radical (unpaired) electrons. The van der Waals surface area contributed by atoms with E-state index in [-0.39, 0.29) is 0 Å². The van der Waals surface area contributed by atoms with Crippen LogP contribution in [0.1, 0.15) is 56.7 Å². The molecule has 0 saturated heterocycles. The lowest BCUT2D eigenvalue weighted by Gasteiger charge is -2.26. The molecular formula is C14H25N3O2. The zero-order valence-electron chi connectivity index (χ0n) is 12.0. The van der Waals surface area contributed by atoms with Gasteiger partial charge in [0.25, 0.3) is 0 Å². The Hall–Kier alpha value is -0.940. The first-order chi connectivity index (χ1) is 9.33. The summed E-state index contributed by atoms with van der Waals surface area (Å²) in [5.74, 6) is 2.92. The zero-order chi connectivity index (χ0) is 13.5. The van der Waals surface area contributed by atoms with E-state index in [1.54, 1.807) is 7.11 Å². The number of ether oxygens (including phenoxy) is 1. The van der Waals surface area contributed by atoms with Crippen LogP contribution in [0.3, 0.4) is 0 Å². The van der Waals surface area contributed by atoms with Crippen molar-refractivity contribution in [2.75, 3.05) is 20.3 Å². The summed E-state index contributed by atoms with van der Waals surface area (Å²) in [6.45, 7) is 4.39. The van der Waals surface area contributed by atoms with Crippen LogP contribution in [0.4, 0.5) is 0 Å². The van der Waals surface area contributed by atoms with Gasteiger partial charge in [-0.3, -0.25) is 0 Å². The minimum atomic E-state index is 0.496. The van der Waals surface area contributed by atoms with Crippen LogP contribution in [0, 0.1) is 5.92 Å². The van der Waals surface area contributed by atoms with E-state index < -0.39 is 0 Å². The predicted molar refractivity (Wildman–Crippen MR) is 72.9 cm³/mol. The Morgan fingerprint density at radius 3 is 3.11 bits per heavy atom. The molecule has 1 fully saturated rings. The number of hydrogen-bond donors (Lipinski definition) is 1. The van der Waals surface area contributed by atoms with Gasteiger partial charge in [0.1, 0.15) is 0 Å². The molecule has 5 heteroatoms. The summed E-state index contributed by atoms with van der Waals surface area (Å²) in [5.41, 5.74) is 0. The van der Waals surface area contributed by atoms with Crippen LogP contribution in [0.5, 0.6) is 0 Å². The Morgan fingerprint density at radius 1 is 1.42 bits per heavy atom. The third-order valence-electron chi connectivity index (χ3n) is 3.97. The lowest BCUT2D eigenvalue weighted by molar-refractivity contribution is 0.197.